The monoisotopic (exact) mass is 863 g/mol. The number of carbonyl (C=O) groups excluding carboxylic acids is 2. The molecule has 348 valence electrons. The second-order valence-corrected chi connectivity index (χ2v) is 18.3. The predicted molar refractivity (Wildman–Crippen MR) is 234 cm³/mol. The Morgan fingerprint density at radius 1 is 0.559 bits per heavy atom. The lowest BCUT2D eigenvalue weighted by Gasteiger charge is -2.40. The molecule has 1 aliphatic heterocycles. The fraction of sp³-hybridized carbons (Fsp3) is 0.913. The normalized spacial score (nSPS) is 20.3. The fourth-order valence-electron chi connectivity index (χ4n) is 7.38. The molecule has 1 saturated heterocycles. The van der Waals surface area contributed by atoms with Gasteiger partial charge in [0.15, 0.2) is 12.4 Å². The first-order valence-corrected chi connectivity index (χ1v) is 25.4. The lowest BCUT2D eigenvalue weighted by molar-refractivity contribution is -0.297. The zero-order chi connectivity index (χ0) is 43.4. The Kier molecular flexibility index (Phi) is 34.7. The highest BCUT2D eigenvalue weighted by Crippen LogP contribution is 2.24. The van der Waals surface area contributed by atoms with Gasteiger partial charge in [-0.05, 0) is 38.5 Å². The third-order valence-electron chi connectivity index (χ3n) is 11.1. The van der Waals surface area contributed by atoms with E-state index in [0.717, 1.165) is 57.8 Å². The van der Waals surface area contributed by atoms with Crippen LogP contribution in [0.5, 0.6) is 0 Å². The van der Waals surface area contributed by atoms with Crippen LogP contribution in [0.15, 0.2) is 12.2 Å². The highest BCUT2D eigenvalue weighted by Gasteiger charge is 2.46. The SMILES string of the molecule is CCCCCCC/C=C\CCCCCCCC(=O)OC(COC(=O)CCCCCCCCCCCCCCCCCCC)COC1OC(CS(=O)(=O)O)C(O)C(O)C1O. The van der Waals surface area contributed by atoms with E-state index in [0.29, 0.717) is 12.8 Å². The number of rotatable bonds is 40. The molecular weight excluding hydrogens is 777 g/mol. The van der Waals surface area contributed by atoms with Gasteiger partial charge in [0.25, 0.3) is 10.1 Å². The highest BCUT2D eigenvalue weighted by atomic mass is 32.2. The van der Waals surface area contributed by atoms with Crippen LogP contribution in [0.1, 0.15) is 213 Å². The van der Waals surface area contributed by atoms with Crippen LogP contribution in [0.25, 0.3) is 0 Å². The summed E-state index contributed by atoms with van der Waals surface area (Å²) in [5.41, 5.74) is 0. The van der Waals surface area contributed by atoms with Gasteiger partial charge in [0.05, 0.1) is 6.61 Å². The van der Waals surface area contributed by atoms with Crippen molar-refractivity contribution >= 4 is 22.1 Å². The summed E-state index contributed by atoms with van der Waals surface area (Å²) in [6.45, 7) is 3.76. The van der Waals surface area contributed by atoms with Gasteiger partial charge in [0.1, 0.15) is 36.8 Å². The summed E-state index contributed by atoms with van der Waals surface area (Å²) >= 11 is 0. The van der Waals surface area contributed by atoms with Crippen LogP contribution in [0, 0.1) is 0 Å². The molecule has 12 nitrogen and oxygen atoms in total. The summed E-state index contributed by atoms with van der Waals surface area (Å²) in [6, 6.07) is 0. The van der Waals surface area contributed by atoms with Crippen molar-refractivity contribution in [3.05, 3.63) is 12.2 Å². The molecule has 0 aromatic rings. The van der Waals surface area contributed by atoms with Crippen LogP contribution in [-0.2, 0) is 38.7 Å². The van der Waals surface area contributed by atoms with E-state index < -0.39 is 71.2 Å². The molecule has 6 atom stereocenters. The van der Waals surface area contributed by atoms with Gasteiger partial charge in [-0.3, -0.25) is 14.1 Å². The number of ether oxygens (including phenoxy) is 4. The molecule has 0 bridgehead atoms. The maximum absolute atomic E-state index is 12.8. The molecule has 0 amide bonds. The number of aliphatic hydroxyl groups excluding tert-OH is 3. The van der Waals surface area contributed by atoms with Gasteiger partial charge in [0, 0.05) is 12.8 Å². The predicted octanol–water partition coefficient (Wildman–Crippen LogP) is 9.84. The topological polar surface area (TPSA) is 186 Å². The molecular formula is C46H86O12S. The van der Waals surface area contributed by atoms with Crippen LogP contribution in [-0.4, -0.2) is 96.0 Å². The Bertz CT molecular complexity index is 1150. The number of esters is 2. The third-order valence-corrected chi connectivity index (χ3v) is 11.8. The molecule has 0 saturated carbocycles. The molecule has 0 radical (unpaired) electrons. The summed E-state index contributed by atoms with van der Waals surface area (Å²) in [5.74, 6) is -1.98. The summed E-state index contributed by atoms with van der Waals surface area (Å²) < 4.78 is 54.1. The molecule has 4 N–H and O–H groups in total. The van der Waals surface area contributed by atoms with Crippen LogP contribution in [0.2, 0.25) is 0 Å². The average Bonchev–Trinajstić information content (AvgIpc) is 3.20. The van der Waals surface area contributed by atoms with E-state index in [1.54, 1.807) is 0 Å². The minimum absolute atomic E-state index is 0.158. The second-order valence-electron chi connectivity index (χ2n) is 16.8. The molecule has 1 fully saturated rings. The van der Waals surface area contributed by atoms with Crippen LogP contribution >= 0.6 is 0 Å². The largest absolute Gasteiger partial charge is 0.462 e. The zero-order valence-electron chi connectivity index (χ0n) is 37.1. The number of allylic oxidation sites excluding steroid dienone is 2. The van der Waals surface area contributed by atoms with Gasteiger partial charge in [0.2, 0.25) is 0 Å². The number of unbranched alkanes of at least 4 members (excludes halogenated alkanes) is 26. The summed E-state index contributed by atoms with van der Waals surface area (Å²) in [6.07, 6.45) is 29.7. The first-order chi connectivity index (χ1) is 28.5. The molecule has 59 heavy (non-hydrogen) atoms. The minimum atomic E-state index is -4.60. The standard InChI is InChI=1S/C46H86O12S/c1-3-5-7-9-11-13-15-17-19-20-21-23-24-26-28-30-32-34-41(47)55-36-39(37-56-46-45(51)44(50)43(49)40(58-46)38-59(52,53)54)57-42(48)35-33-31-29-27-25-22-18-16-14-12-10-8-6-4-2/h16,18,39-40,43-46,49-51H,3-15,17,19-38H2,1-2H3,(H,52,53,54)/b18-16-. The first-order valence-electron chi connectivity index (χ1n) is 23.7. The van der Waals surface area contributed by atoms with Gasteiger partial charge >= 0.3 is 11.9 Å². The van der Waals surface area contributed by atoms with Crippen molar-refractivity contribution < 1.29 is 56.8 Å². The smallest absolute Gasteiger partial charge is 0.306 e. The zero-order valence-corrected chi connectivity index (χ0v) is 37.9. The fourth-order valence-corrected chi connectivity index (χ4v) is 8.07. The van der Waals surface area contributed by atoms with E-state index in [1.165, 1.54) is 116 Å². The van der Waals surface area contributed by atoms with Crippen molar-refractivity contribution in [3.8, 4) is 0 Å². The van der Waals surface area contributed by atoms with E-state index in [9.17, 15) is 37.9 Å². The second kappa shape index (κ2) is 37.0. The molecule has 0 aromatic heterocycles. The Labute approximate surface area is 358 Å². The molecule has 0 spiro atoms. The van der Waals surface area contributed by atoms with Crippen LogP contribution in [0.3, 0.4) is 0 Å². The van der Waals surface area contributed by atoms with Crippen molar-refractivity contribution in [1.29, 1.82) is 0 Å². The maximum Gasteiger partial charge on any atom is 0.306 e. The molecule has 13 heteroatoms. The molecule has 6 unspecified atom stereocenters. The van der Waals surface area contributed by atoms with Gasteiger partial charge in [-0.2, -0.15) is 8.42 Å². The quantitative estimate of drug-likeness (QED) is 0.0198. The number of hydrogen-bond acceptors (Lipinski definition) is 11. The number of carbonyl (C=O) groups is 2. The first kappa shape index (κ1) is 55.4. The van der Waals surface area contributed by atoms with Crippen LogP contribution in [0.4, 0.5) is 0 Å². The third kappa shape index (κ3) is 31.8. The average molecular weight is 863 g/mol. The van der Waals surface area contributed by atoms with Crippen molar-refractivity contribution in [2.75, 3.05) is 19.0 Å². The van der Waals surface area contributed by atoms with Crippen molar-refractivity contribution in [3.63, 3.8) is 0 Å². The van der Waals surface area contributed by atoms with Gasteiger partial charge < -0.3 is 34.3 Å². The number of aliphatic hydroxyl groups is 3. The van der Waals surface area contributed by atoms with E-state index >= 15 is 0 Å². The van der Waals surface area contributed by atoms with E-state index in [-0.39, 0.29) is 19.4 Å². The highest BCUT2D eigenvalue weighted by molar-refractivity contribution is 7.85. The Balaban J connectivity index is 2.41. The lowest BCUT2D eigenvalue weighted by Crippen LogP contribution is -2.60. The molecule has 1 aliphatic rings. The van der Waals surface area contributed by atoms with Gasteiger partial charge in [-0.15, -0.1) is 0 Å². The molecule has 1 heterocycles. The van der Waals surface area contributed by atoms with E-state index in [2.05, 4.69) is 26.0 Å². The molecule has 1 rings (SSSR count). The minimum Gasteiger partial charge on any atom is -0.462 e. The van der Waals surface area contributed by atoms with Gasteiger partial charge in [-0.1, -0.05) is 174 Å². The summed E-state index contributed by atoms with van der Waals surface area (Å²) in [7, 11) is -4.60. The van der Waals surface area contributed by atoms with E-state index in [1.807, 2.05) is 0 Å². The maximum atomic E-state index is 12.8. The lowest BCUT2D eigenvalue weighted by atomic mass is 10.00. The van der Waals surface area contributed by atoms with Crippen molar-refractivity contribution in [1.82, 2.24) is 0 Å². The van der Waals surface area contributed by atoms with Crippen LogP contribution < -0.4 is 0 Å². The van der Waals surface area contributed by atoms with Gasteiger partial charge in [-0.25, -0.2) is 0 Å². The summed E-state index contributed by atoms with van der Waals surface area (Å²) in [5, 5.41) is 30.9. The molecule has 0 aromatic carbocycles. The Hall–Kier alpha value is -1.61. The Morgan fingerprint density at radius 2 is 0.966 bits per heavy atom. The van der Waals surface area contributed by atoms with E-state index in [4.69, 9.17) is 18.9 Å². The molecule has 0 aliphatic carbocycles. The number of hydrogen-bond donors (Lipinski definition) is 4. The Morgan fingerprint density at radius 3 is 1.41 bits per heavy atom. The van der Waals surface area contributed by atoms with Crippen molar-refractivity contribution in [2.45, 2.75) is 250 Å². The van der Waals surface area contributed by atoms with Crippen molar-refractivity contribution in [2.24, 2.45) is 0 Å². The summed E-state index contributed by atoms with van der Waals surface area (Å²) in [4.78, 5) is 25.4.